The van der Waals surface area contributed by atoms with Crippen LogP contribution >= 0.6 is 0 Å². The third-order valence-electron chi connectivity index (χ3n) is 5.27. The Kier molecular flexibility index (Phi) is 7.53. The predicted molar refractivity (Wildman–Crippen MR) is 90.3 cm³/mol. The van der Waals surface area contributed by atoms with Crippen molar-refractivity contribution < 1.29 is 0 Å². The van der Waals surface area contributed by atoms with Gasteiger partial charge < -0.3 is 5.32 Å². The van der Waals surface area contributed by atoms with Crippen molar-refractivity contribution in [1.82, 2.24) is 10.2 Å². The highest BCUT2D eigenvalue weighted by atomic mass is 15.2. The van der Waals surface area contributed by atoms with Gasteiger partial charge in [0.05, 0.1) is 0 Å². The van der Waals surface area contributed by atoms with Gasteiger partial charge in [-0.2, -0.15) is 0 Å². The van der Waals surface area contributed by atoms with E-state index in [1.165, 1.54) is 51.5 Å². The molecule has 1 saturated carbocycles. The van der Waals surface area contributed by atoms with Gasteiger partial charge in [-0.15, -0.1) is 0 Å². The summed E-state index contributed by atoms with van der Waals surface area (Å²) in [4.78, 5) is 2.67. The first-order valence-electron chi connectivity index (χ1n) is 8.83. The fraction of sp³-hybridized carbons (Fsp3) is 1.00. The smallest absolute Gasteiger partial charge is 0.0249 e. The molecule has 1 N–H and O–H groups in total. The van der Waals surface area contributed by atoms with E-state index in [0.29, 0.717) is 23.5 Å². The Morgan fingerprint density at radius 3 is 2.25 bits per heavy atom. The SMILES string of the molecule is CCCNC1CCCCCCC1N(C)C(C)C(C)(C)C. The molecule has 1 rings (SSSR count). The lowest BCUT2D eigenvalue weighted by atomic mass is 9.84. The molecule has 2 nitrogen and oxygen atoms in total. The van der Waals surface area contributed by atoms with Gasteiger partial charge in [-0.3, -0.25) is 4.90 Å². The lowest BCUT2D eigenvalue weighted by Gasteiger charge is -2.44. The Morgan fingerprint density at radius 1 is 1.10 bits per heavy atom. The highest BCUT2D eigenvalue weighted by Crippen LogP contribution is 2.29. The molecule has 20 heavy (non-hydrogen) atoms. The average molecular weight is 283 g/mol. The Labute approximate surface area is 127 Å². The van der Waals surface area contributed by atoms with Crippen LogP contribution in [-0.4, -0.2) is 36.6 Å². The van der Waals surface area contributed by atoms with E-state index < -0.39 is 0 Å². The summed E-state index contributed by atoms with van der Waals surface area (Å²) in [5.74, 6) is 0. The third kappa shape index (κ3) is 5.37. The number of nitrogens with one attached hydrogen (secondary N) is 1. The van der Waals surface area contributed by atoms with Crippen molar-refractivity contribution in [3.8, 4) is 0 Å². The van der Waals surface area contributed by atoms with Crippen LogP contribution in [0, 0.1) is 5.41 Å². The number of hydrogen-bond acceptors (Lipinski definition) is 2. The summed E-state index contributed by atoms with van der Waals surface area (Å²) in [5, 5.41) is 3.83. The maximum atomic E-state index is 3.83. The fourth-order valence-electron chi connectivity index (χ4n) is 3.42. The maximum absolute atomic E-state index is 3.83. The van der Waals surface area contributed by atoms with E-state index in [9.17, 15) is 0 Å². The Bertz CT molecular complexity index is 255. The number of likely N-dealkylation sites (N-methyl/N-ethyl adjacent to an activating group) is 1. The van der Waals surface area contributed by atoms with E-state index in [2.05, 4.69) is 51.9 Å². The van der Waals surface area contributed by atoms with Crippen LogP contribution in [0.3, 0.4) is 0 Å². The van der Waals surface area contributed by atoms with E-state index in [4.69, 9.17) is 0 Å². The first-order valence-corrected chi connectivity index (χ1v) is 8.83. The fourth-order valence-corrected chi connectivity index (χ4v) is 3.42. The molecule has 2 heteroatoms. The molecule has 0 amide bonds. The number of hydrogen-bond donors (Lipinski definition) is 1. The molecule has 0 radical (unpaired) electrons. The number of nitrogens with zero attached hydrogens (tertiary/aromatic N) is 1. The Morgan fingerprint density at radius 2 is 1.70 bits per heavy atom. The minimum absolute atomic E-state index is 0.354. The molecular formula is C18H38N2. The Hall–Kier alpha value is -0.0800. The Balaban J connectivity index is 2.76. The second-order valence-corrected chi connectivity index (χ2v) is 7.83. The zero-order valence-corrected chi connectivity index (χ0v) is 14.8. The van der Waals surface area contributed by atoms with Crippen molar-refractivity contribution in [3.05, 3.63) is 0 Å². The van der Waals surface area contributed by atoms with Crippen molar-refractivity contribution in [1.29, 1.82) is 0 Å². The largest absolute Gasteiger partial charge is 0.312 e. The number of rotatable bonds is 5. The van der Waals surface area contributed by atoms with Crippen molar-refractivity contribution in [2.45, 2.75) is 97.7 Å². The van der Waals surface area contributed by atoms with E-state index in [0.717, 1.165) is 0 Å². The molecule has 120 valence electrons. The van der Waals surface area contributed by atoms with Gasteiger partial charge in [0.2, 0.25) is 0 Å². The van der Waals surface area contributed by atoms with E-state index in [1.54, 1.807) is 0 Å². The zero-order valence-electron chi connectivity index (χ0n) is 14.8. The summed E-state index contributed by atoms with van der Waals surface area (Å²) >= 11 is 0. The minimum atomic E-state index is 0.354. The average Bonchev–Trinajstić information content (AvgIpc) is 2.35. The van der Waals surface area contributed by atoms with Gasteiger partial charge in [0.1, 0.15) is 0 Å². The topological polar surface area (TPSA) is 15.3 Å². The normalized spacial score (nSPS) is 27.1. The van der Waals surface area contributed by atoms with Crippen LogP contribution in [0.1, 0.15) is 79.6 Å². The molecule has 3 atom stereocenters. The molecule has 0 saturated heterocycles. The van der Waals surface area contributed by atoms with Gasteiger partial charge in [0, 0.05) is 18.1 Å². The molecule has 0 spiro atoms. The quantitative estimate of drug-likeness (QED) is 0.802. The summed E-state index contributed by atoms with van der Waals surface area (Å²) in [7, 11) is 2.35. The molecular weight excluding hydrogens is 244 g/mol. The van der Waals surface area contributed by atoms with Gasteiger partial charge in [0.25, 0.3) is 0 Å². The predicted octanol–water partition coefficient (Wildman–Crippen LogP) is 4.44. The van der Waals surface area contributed by atoms with Crippen LogP contribution in [0.5, 0.6) is 0 Å². The van der Waals surface area contributed by atoms with Crippen molar-refractivity contribution in [2.24, 2.45) is 5.41 Å². The molecule has 0 bridgehead atoms. The standard InChI is InChI=1S/C18H38N2/c1-7-14-19-16-12-10-8-9-11-13-17(16)20(6)15(2)18(3,4)5/h15-17,19H,7-14H2,1-6H3. The van der Waals surface area contributed by atoms with Crippen molar-refractivity contribution in [2.75, 3.05) is 13.6 Å². The summed E-state index contributed by atoms with van der Waals surface area (Å²) in [6.45, 7) is 12.9. The summed E-state index contributed by atoms with van der Waals surface area (Å²) in [6.07, 6.45) is 9.60. The van der Waals surface area contributed by atoms with Crippen LogP contribution in [-0.2, 0) is 0 Å². The van der Waals surface area contributed by atoms with Crippen LogP contribution in [0.25, 0.3) is 0 Å². The third-order valence-corrected chi connectivity index (χ3v) is 5.27. The molecule has 0 aromatic heterocycles. The van der Waals surface area contributed by atoms with Gasteiger partial charge in [0.15, 0.2) is 0 Å². The second kappa shape index (κ2) is 8.38. The van der Waals surface area contributed by atoms with Crippen LogP contribution in [0.4, 0.5) is 0 Å². The molecule has 3 unspecified atom stereocenters. The zero-order chi connectivity index (χ0) is 15.2. The second-order valence-electron chi connectivity index (χ2n) is 7.83. The highest BCUT2D eigenvalue weighted by molar-refractivity contribution is 4.89. The van der Waals surface area contributed by atoms with Gasteiger partial charge in [-0.1, -0.05) is 53.4 Å². The molecule has 1 aliphatic carbocycles. The minimum Gasteiger partial charge on any atom is -0.312 e. The maximum Gasteiger partial charge on any atom is 0.0249 e. The van der Waals surface area contributed by atoms with Crippen molar-refractivity contribution in [3.63, 3.8) is 0 Å². The van der Waals surface area contributed by atoms with Crippen LogP contribution in [0.2, 0.25) is 0 Å². The van der Waals surface area contributed by atoms with Crippen LogP contribution < -0.4 is 5.32 Å². The van der Waals surface area contributed by atoms with Gasteiger partial charge >= 0.3 is 0 Å². The molecule has 0 aliphatic heterocycles. The highest BCUT2D eigenvalue weighted by Gasteiger charge is 2.32. The molecule has 0 aromatic rings. The molecule has 1 aliphatic rings. The molecule has 1 fully saturated rings. The summed E-state index contributed by atoms with van der Waals surface area (Å²) < 4.78 is 0. The monoisotopic (exact) mass is 282 g/mol. The lowest BCUT2D eigenvalue weighted by Crippen LogP contribution is -2.54. The van der Waals surface area contributed by atoms with Gasteiger partial charge in [-0.05, 0) is 45.2 Å². The first kappa shape index (κ1) is 18.0. The van der Waals surface area contributed by atoms with E-state index in [1.807, 2.05) is 0 Å². The van der Waals surface area contributed by atoms with Crippen LogP contribution in [0.15, 0.2) is 0 Å². The summed E-state index contributed by atoms with van der Waals surface area (Å²) in [5.41, 5.74) is 0.354. The molecule has 0 aromatic carbocycles. The molecule has 0 heterocycles. The first-order chi connectivity index (χ1) is 9.38. The lowest BCUT2D eigenvalue weighted by molar-refractivity contribution is 0.0657. The van der Waals surface area contributed by atoms with Gasteiger partial charge in [-0.25, -0.2) is 0 Å². The summed E-state index contributed by atoms with van der Waals surface area (Å²) in [6, 6.07) is 2.01. The van der Waals surface area contributed by atoms with Crippen molar-refractivity contribution >= 4 is 0 Å². The van der Waals surface area contributed by atoms with E-state index in [-0.39, 0.29) is 0 Å². The van der Waals surface area contributed by atoms with E-state index >= 15 is 0 Å².